The van der Waals surface area contributed by atoms with E-state index in [2.05, 4.69) is 87.5 Å². The van der Waals surface area contributed by atoms with Gasteiger partial charge in [0.15, 0.2) is 0 Å². The van der Waals surface area contributed by atoms with Gasteiger partial charge in [-0.15, -0.1) is 19.6 Å². The molecule has 3 aromatic rings. The quantitative estimate of drug-likeness (QED) is 0.265. The molecule has 4 N–H and O–H groups in total. The molecule has 3 aromatic carbocycles. The first kappa shape index (κ1) is 29.7. The summed E-state index contributed by atoms with van der Waals surface area (Å²) >= 11 is 0. The summed E-state index contributed by atoms with van der Waals surface area (Å²) in [5, 5.41) is 0. The smallest absolute Gasteiger partial charge is 0.134 e. The summed E-state index contributed by atoms with van der Waals surface area (Å²) < 4.78 is 17.4. The summed E-state index contributed by atoms with van der Waals surface area (Å²) in [7, 11) is -5.74. The van der Waals surface area contributed by atoms with E-state index < -0.39 is 16.5 Å². The zero-order chi connectivity index (χ0) is 25.5. The molecule has 6 nitrogen and oxygen atoms in total. The molecule has 0 spiro atoms. The summed E-state index contributed by atoms with van der Waals surface area (Å²) in [6.07, 6.45) is 5.80. The predicted octanol–water partition coefficient (Wildman–Crippen LogP) is 6.74. The molecule has 0 saturated carbocycles. The Hall–Kier alpha value is -2.30. The molecule has 0 saturated heterocycles. The van der Waals surface area contributed by atoms with Crippen molar-refractivity contribution < 1.29 is 28.7 Å². The fourth-order valence-electron chi connectivity index (χ4n) is 3.90. The molecule has 34 heavy (non-hydrogen) atoms. The maximum atomic E-state index is 8.70. The minimum atomic E-state index is -2.87. The monoisotopic (exact) mass is 504 g/mol. The highest BCUT2D eigenvalue weighted by Gasteiger charge is 2.14. The Morgan fingerprint density at radius 2 is 1.03 bits per heavy atom. The first-order chi connectivity index (χ1) is 16.2. The molecule has 0 amide bonds. The van der Waals surface area contributed by atoms with Crippen LogP contribution in [0.1, 0.15) is 50.3 Å². The molecular formula is C26H34O6P2+2. The summed E-state index contributed by atoms with van der Waals surface area (Å²) in [6.45, 7) is 6.83. The molecule has 0 bridgehead atoms. The maximum Gasteiger partial charge on any atom is 0.692 e. The fraction of sp³-hybridized carbons (Fsp3) is 0.308. The Labute approximate surface area is 203 Å². The highest BCUT2D eigenvalue weighted by atomic mass is 31.1. The third-order valence-corrected chi connectivity index (χ3v) is 5.18. The zero-order valence-electron chi connectivity index (χ0n) is 19.9. The summed E-state index contributed by atoms with van der Waals surface area (Å²) in [4.78, 5) is 28.5. The van der Waals surface area contributed by atoms with Gasteiger partial charge in [-0.05, 0) is 58.2 Å². The van der Waals surface area contributed by atoms with Crippen molar-refractivity contribution in [2.24, 2.45) is 0 Å². The molecule has 8 heteroatoms. The van der Waals surface area contributed by atoms with Crippen LogP contribution < -0.4 is 0 Å². The Morgan fingerprint density at radius 1 is 0.588 bits per heavy atom. The van der Waals surface area contributed by atoms with Gasteiger partial charge in [-0.25, -0.2) is 0 Å². The van der Waals surface area contributed by atoms with Crippen molar-refractivity contribution in [2.75, 3.05) is 0 Å². The number of benzene rings is 3. The van der Waals surface area contributed by atoms with E-state index in [0.717, 1.165) is 19.3 Å². The van der Waals surface area contributed by atoms with Gasteiger partial charge >= 0.3 is 16.5 Å². The second-order valence-electron chi connectivity index (χ2n) is 7.54. The lowest BCUT2D eigenvalue weighted by molar-refractivity contribution is 0.403. The summed E-state index contributed by atoms with van der Waals surface area (Å²) in [5.74, 6) is 0. The van der Waals surface area contributed by atoms with Crippen LogP contribution in [0.15, 0.2) is 66.7 Å². The lowest BCUT2D eigenvalue weighted by Crippen LogP contribution is -2.01. The standard InChI is InChI=1S/C26H30.2HO3P/c1-4-10-23-17-14-20(6-3)25(11-5-2)26(23)24-18-15-22(16-19-24)21-12-8-7-9-13-21;2*1-4(2)3/h7-9,12-19H,4-6,10-11H2,1-3H3;2*(H-,1,2,3)/p+2. The largest absolute Gasteiger partial charge is 0.692 e. The van der Waals surface area contributed by atoms with E-state index in [4.69, 9.17) is 28.7 Å². The van der Waals surface area contributed by atoms with E-state index in [1.165, 1.54) is 46.2 Å². The van der Waals surface area contributed by atoms with Crippen molar-refractivity contribution in [1.82, 2.24) is 0 Å². The Morgan fingerprint density at radius 3 is 1.50 bits per heavy atom. The van der Waals surface area contributed by atoms with E-state index in [1.807, 2.05) is 0 Å². The van der Waals surface area contributed by atoms with Crippen LogP contribution in [0, 0.1) is 0 Å². The normalized spacial score (nSPS) is 9.85. The Kier molecular flexibility index (Phi) is 14.3. The van der Waals surface area contributed by atoms with Crippen molar-refractivity contribution in [2.45, 2.75) is 52.9 Å². The van der Waals surface area contributed by atoms with E-state index in [-0.39, 0.29) is 0 Å². The van der Waals surface area contributed by atoms with Crippen LogP contribution in [0.4, 0.5) is 0 Å². The van der Waals surface area contributed by atoms with Crippen molar-refractivity contribution in [3.63, 3.8) is 0 Å². The molecule has 3 rings (SSSR count). The average Bonchev–Trinajstić information content (AvgIpc) is 2.80. The highest BCUT2D eigenvalue weighted by molar-refractivity contribution is 7.31. The highest BCUT2D eigenvalue weighted by Crippen LogP contribution is 2.34. The number of aryl methyl sites for hydroxylation is 2. The first-order valence-corrected chi connectivity index (χ1v) is 13.6. The van der Waals surface area contributed by atoms with Gasteiger partial charge in [0.1, 0.15) is 0 Å². The molecule has 0 aliphatic carbocycles. The third-order valence-electron chi connectivity index (χ3n) is 5.18. The van der Waals surface area contributed by atoms with Crippen molar-refractivity contribution in [3.8, 4) is 22.3 Å². The maximum absolute atomic E-state index is 8.70. The molecule has 0 aliphatic rings. The minimum Gasteiger partial charge on any atom is -0.134 e. The van der Waals surface area contributed by atoms with Crippen LogP contribution in [0.25, 0.3) is 22.3 Å². The predicted molar refractivity (Wildman–Crippen MR) is 139 cm³/mol. The van der Waals surface area contributed by atoms with Gasteiger partial charge in [0.25, 0.3) is 0 Å². The molecule has 182 valence electrons. The molecule has 0 heterocycles. The molecule has 0 atom stereocenters. The van der Waals surface area contributed by atoms with Crippen LogP contribution >= 0.6 is 16.5 Å². The van der Waals surface area contributed by atoms with Crippen LogP contribution in [0.3, 0.4) is 0 Å². The van der Waals surface area contributed by atoms with Crippen molar-refractivity contribution >= 4 is 16.5 Å². The van der Waals surface area contributed by atoms with Gasteiger partial charge in [0.2, 0.25) is 0 Å². The zero-order valence-corrected chi connectivity index (χ0v) is 21.7. The van der Waals surface area contributed by atoms with Crippen LogP contribution in [0.5, 0.6) is 0 Å². The molecule has 0 unspecified atom stereocenters. The summed E-state index contributed by atoms with van der Waals surface area (Å²) in [5.41, 5.74) is 10.0. The van der Waals surface area contributed by atoms with Crippen LogP contribution in [-0.2, 0) is 28.4 Å². The molecular weight excluding hydrogens is 470 g/mol. The van der Waals surface area contributed by atoms with Gasteiger partial charge < -0.3 is 0 Å². The van der Waals surface area contributed by atoms with E-state index in [1.54, 1.807) is 5.56 Å². The van der Waals surface area contributed by atoms with Gasteiger partial charge in [0.05, 0.1) is 0 Å². The number of hydrogen-bond donors (Lipinski definition) is 4. The first-order valence-electron chi connectivity index (χ1n) is 11.2. The minimum absolute atomic E-state index is 1.11. The Balaban J connectivity index is 0.000000629. The average molecular weight is 504 g/mol. The number of hydrogen-bond acceptors (Lipinski definition) is 2. The van der Waals surface area contributed by atoms with Crippen molar-refractivity contribution in [1.29, 1.82) is 0 Å². The lowest BCUT2D eigenvalue weighted by atomic mass is 9.86. The molecule has 0 aliphatic heterocycles. The molecule has 0 fully saturated rings. The second kappa shape index (κ2) is 16.3. The molecule has 0 aromatic heterocycles. The Bertz CT molecular complexity index is 1020. The van der Waals surface area contributed by atoms with Gasteiger partial charge in [-0.2, -0.15) is 0 Å². The van der Waals surface area contributed by atoms with Crippen molar-refractivity contribution in [3.05, 3.63) is 83.4 Å². The van der Waals surface area contributed by atoms with Crippen LogP contribution in [0.2, 0.25) is 0 Å². The van der Waals surface area contributed by atoms with Gasteiger partial charge in [0, 0.05) is 9.13 Å². The van der Waals surface area contributed by atoms with Gasteiger partial charge in [-0.1, -0.05) is 100 Å². The topological polar surface area (TPSA) is 115 Å². The summed E-state index contributed by atoms with van der Waals surface area (Å²) in [6, 6.07) is 24.5. The SMILES string of the molecule is CCCc1ccc(CC)c(CCC)c1-c1ccc(-c2ccccc2)cc1.O=[P+](O)O.O=[P+](O)O. The number of rotatable bonds is 7. The fourth-order valence-corrected chi connectivity index (χ4v) is 3.90. The third kappa shape index (κ3) is 10.3. The molecule has 0 radical (unpaired) electrons. The van der Waals surface area contributed by atoms with E-state index >= 15 is 0 Å². The second-order valence-corrected chi connectivity index (χ2v) is 8.55. The van der Waals surface area contributed by atoms with Crippen LogP contribution in [-0.4, -0.2) is 19.6 Å². The van der Waals surface area contributed by atoms with E-state index in [0.29, 0.717) is 0 Å². The van der Waals surface area contributed by atoms with E-state index in [9.17, 15) is 0 Å². The lowest BCUT2D eigenvalue weighted by Gasteiger charge is -2.19. The van der Waals surface area contributed by atoms with Gasteiger partial charge in [-0.3, -0.25) is 0 Å².